The van der Waals surface area contributed by atoms with Gasteiger partial charge in [0.15, 0.2) is 5.78 Å². The third kappa shape index (κ3) is 5.19. The second kappa shape index (κ2) is 6.44. The monoisotopic (exact) mass is 285 g/mol. The van der Waals surface area contributed by atoms with E-state index in [1.807, 2.05) is 0 Å². The van der Waals surface area contributed by atoms with Crippen LogP contribution in [0.1, 0.15) is 17.3 Å². The van der Waals surface area contributed by atoms with Crippen LogP contribution in [0.15, 0.2) is 30.3 Å². The summed E-state index contributed by atoms with van der Waals surface area (Å²) in [6.45, 7) is 1.14. The molecule has 0 aromatic heterocycles. The minimum Gasteiger partial charge on any atom is -0.481 e. The van der Waals surface area contributed by atoms with Crippen LogP contribution in [0.3, 0.4) is 0 Å². The Labute approximate surface area is 111 Å². The maximum Gasteiger partial charge on any atom is 0.307 e. The Morgan fingerprint density at radius 3 is 2.37 bits per heavy atom. The number of hydrogen-bond acceptors (Lipinski definition) is 4. The molecule has 19 heavy (non-hydrogen) atoms. The summed E-state index contributed by atoms with van der Waals surface area (Å²) in [5.74, 6) is -3.17. The summed E-state index contributed by atoms with van der Waals surface area (Å²) in [5, 5.41) is 8.64. The first kappa shape index (κ1) is 15.3. The molecule has 0 aliphatic heterocycles. The molecule has 1 rings (SSSR count). The lowest BCUT2D eigenvalue weighted by molar-refractivity contribution is -0.140. The molecule has 0 saturated heterocycles. The number of Topliss-reactive ketones (excluding diaryl/α,β-unsaturated/α-hetero) is 1. The molecule has 7 heteroatoms. The van der Waals surface area contributed by atoms with E-state index in [0.717, 1.165) is 0 Å². The quantitative estimate of drug-likeness (QED) is 0.711. The molecule has 0 saturated carbocycles. The van der Waals surface area contributed by atoms with Crippen molar-refractivity contribution in [1.82, 2.24) is 4.72 Å². The van der Waals surface area contributed by atoms with Gasteiger partial charge in [0.25, 0.3) is 0 Å². The number of benzene rings is 1. The van der Waals surface area contributed by atoms with E-state index in [1.165, 1.54) is 19.1 Å². The topological polar surface area (TPSA) is 101 Å². The molecular formula is C12H15NO5S. The highest BCUT2D eigenvalue weighted by atomic mass is 32.2. The predicted octanol–water partition coefficient (Wildman–Crippen LogP) is 0.509. The van der Waals surface area contributed by atoms with Crippen LogP contribution in [0, 0.1) is 5.92 Å². The van der Waals surface area contributed by atoms with Gasteiger partial charge in [-0.2, -0.15) is 0 Å². The molecule has 0 amide bonds. The summed E-state index contributed by atoms with van der Waals surface area (Å²) < 4.78 is 25.3. The first-order valence-electron chi connectivity index (χ1n) is 5.60. The lowest BCUT2D eigenvalue weighted by Crippen LogP contribution is -2.35. The van der Waals surface area contributed by atoms with Crippen molar-refractivity contribution in [3.05, 3.63) is 35.9 Å². The average molecular weight is 285 g/mol. The molecule has 0 heterocycles. The standard InChI is InChI=1S/C12H15NO5S/c1-9(12(15)16)7-13-19(17,18)8-11(14)10-5-3-2-4-6-10/h2-6,9,13H,7-8H2,1H3,(H,15,16). The number of ketones is 1. The van der Waals surface area contributed by atoms with Gasteiger partial charge in [0.2, 0.25) is 10.0 Å². The van der Waals surface area contributed by atoms with E-state index in [4.69, 9.17) is 5.11 Å². The largest absolute Gasteiger partial charge is 0.481 e. The lowest BCUT2D eigenvalue weighted by Gasteiger charge is -2.08. The minimum atomic E-state index is -3.82. The maximum absolute atomic E-state index is 11.7. The number of carbonyl (C=O) groups excluding carboxylic acids is 1. The fourth-order valence-electron chi connectivity index (χ4n) is 1.27. The van der Waals surface area contributed by atoms with Crippen LogP contribution < -0.4 is 4.72 Å². The zero-order valence-electron chi connectivity index (χ0n) is 10.4. The number of aliphatic carboxylic acids is 1. The first-order chi connectivity index (χ1) is 8.82. The summed E-state index contributed by atoms with van der Waals surface area (Å²) in [4.78, 5) is 22.3. The molecule has 0 aliphatic rings. The Morgan fingerprint density at radius 2 is 1.84 bits per heavy atom. The molecule has 1 atom stereocenters. The zero-order valence-corrected chi connectivity index (χ0v) is 11.2. The molecule has 0 fully saturated rings. The van der Waals surface area contributed by atoms with Gasteiger partial charge >= 0.3 is 5.97 Å². The van der Waals surface area contributed by atoms with Gasteiger partial charge in [-0.1, -0.05) is 37.3 Å². The molecule has 0 bridgehead atoms. The maximum atomic E-state index is 11.7. The number of nitrogens with one attached hydrogen (secondary N) is 1. The van der Waals surface area contributed by atoms with E-state index >= 15 is 0 Å². The van der Waals surface area contributed by atoms with Gasteiger partial charge in [-0.15, -0.1) is 0 Å². The van der Waals surface area contributed by atoms with Crippen molar-refractivity contribution in [2.45, 2.75) is 6.92 Å². The van der Waals surface area contributed by atoms with Crippen molar-refractivity contribution in [3.8, 4) is 0 Å². The Balaban J connectivity index is 2.60. The third-order valence-electron chi connectivity index (χ3n) is 2.45. The molecule has 2 N–H and O–H groups in total. The SMILES string of the molecule is CC(CNS(=O)(=O)CC(=O)c1ccccc1)C(=O)O. The van der Waals surface area contributed by atoms with E-state index in [-0.39, 0.29) is 6.54 Å². The highest BCUT2D eigenvalue weighted by Gasteiger charge is 2.20. The van der Waals surface area contributed by atoms with Crippen LogP contribution in [0.5, 0.6) is 0 Å². The fraction of sp³-hybridized carbons (Fsp3) is 0.333. The molecule has 1 aromatic carbocycles. The highest BCUT2D eigenvalue weighted by molar-refractivity contribution is 7.90. The van der Waals surface area contributed by atoms with Gasteiger partial charge in [0.05, 0.1) is 5.92 Å². The second-order valence-corrected chi connectivity index (χ2v) is 5.94. The van der Waals surface area contributed by atoms with Crippen molar-refractivity contribution < 1.29 is 23.1 Å². The Hall–Kier alpha value is -1.73. The zero-order chi connectivity index (χ0) is 14.5. The van der Waals surface area contributed by atoms with E-state index in [0.29, 0.717) is 5.56 Å². The molecular weight excluding hydrogens is 270 g/mol. The number of carboxylic acids is 1. The van der Waals surface area contributed by atoms with E-state index < -0.39 is 33.4 Å². The van der Waals surface area contributed by atoms with Gasteiger partial charge in [0.1, 0.15) is 5.75 Å². The summed E-state index contributed by atoms with van der Waals surface area (Å²) in [5.41, 5.74) is 0.305. The summed E-state index contributed by atoms with van der Waals surface area (Å²) >= 11 is 0. The Bertz CT molecular complexity index is 553. The number of carbonyl (C=O) groups is 2. The number of carboxylic acid groups (broad SMARTS) is 1. The third-order valence-corrected chi connectivity index (χ3v) is 3.70. The van der Waals surface area contributed by atoms with Gasteiger partial charge in [-0.3, -0.25) is 9.59 Å². The van der Waals surface area contributed by atoms with E-state index in [9.17, 15) is 18.0 Å². The smallest absolute Gasteiger partial charge is 0.307 e. The highest BCUT2D eigenvalue weighted by Crippen LogP contribution is 2.02. The van der Waals surface area contributed by atoms with Gasteiger partial charge in [-0.25, -0.2) is 13.1 Å². The van der Waals surface area contributed by atoms with Crippen molar-refractivity contribution in [2.75, 3.05) is 12.3 Å². The van der Waals surface area contributed by atoms with Crippen LogP contribution >= 0.6 is 0 Å². The number of rotatable bonds is 7. The second-order valence-electron chi connectivity index (χ2n) is 4.14. The summed E-state index contributed by atoms with van der Waals surface area (Å²) in [6.07, 6.45) is 0. The van der Waals surface area contributed by atoms with Crippen molar-refractivity contribution in [2.24, 2.45) is 5.92 Å². The first-order valence-corrected chi connectivity index (χ1v) is 7.25. The van der Waals surface area contributed by atoms with Gasteiger partial charge in [0, 0.05) is 12.1 Å². The van der Waals surface area contributed by atoms with E-state index in [2.05, 4.69) is 4.72 Å². The lowest BCUT2D eigenvalue weighted by atomic mass is 10.2. The van der Waals surface area contributed by atoms with Crippen LogP contribution in [-0.2, 0) is 14.8 Å². The van der Waals surface area contributed by atoms with Gasteiger partial charge < -0.3 is 5.11 Å². The van der Waals surface area contributed by atoms with Crippen molar-refractivity contribution >= 4 is 21.8 Å². The predicted molar refractivity (Wildman–Crippen MR) is 69.4 cm³/mol. The van der Waals surface area contributed by atoms with Crippen LogP contribution in [0.4, 0.5) is 0 Å². The van der Waals surface area contributed by atoms with E-state index in [1.54, 1.807) is 18.2 Å². The van der Waals surface area contributed by atoms with Gasteiger partial charge in [-0.05, 0) is 0 Å². The van der Waals surface area contributed by atoms with Crippen LogP contribution in [-0.4, -0.2) is 37.6 Å². The Kier molecular flexibility index (Phi) is 5.20. The van der Waals surface area contributed by atoms with Crippen LogP contribution in [0.2, 0.25) is 0 Å². The number of hydrogen-bond donors (Lipinski definition) is 2. The molecule has 1 aromatic rings. The molecule has 104 valence electrons. The molecule has 0 spiro atoms. The normalized spacial score (nSPS) is 12.9. The molecule has 6 nitrogen and oxygen atoms in total. The average Bonchev–Trinajstić information content (AvgIpc) is 2.36. The number of sulfonamides is 1. The molecule has 1 unspecified atom stereocenters. The van der Waals surface area contributed by atoms with Crippen LogP contribution in [0.25, 0.3) is 0 Å². The summed E-state index contributed by atoms with van der Waals surface area (Å²) in [7, 11) is -3.82. The summed E-state index contributed by atoms with van der Waals surface area (Å²) in [6, 6.07) is 8.05. The Morgan fingerprint density at radius 1 is 1.26 bits per heavy atom. The van der Waals surface area contributed by atoms with Crippen molar-refractivity contribution in [3.63, 3.8) is 0 Å². The van der Waals surface area contributed by atoms with Crippen molar-refractivity contribution in [1.29, 1.82) is 0 Å². The molecule has 0 radical (unpaired) electrons. The molecule has 0 aliphatic carbocycles. The minimum absolute atomic E-state index is 0.236. The fourth-order valence-corrected chi connectivity index (χ4v) is 2.39.